The van der Waals surface area contributed by atoms with Gasteiger partial charge in [0, 0.05) is 22.5 Å². The van der Waals surface area contributed by atoms with Crippen LogP contribution >= 0.6 is 23.2 Å². The minimum Gasteiger partial charge on any atom is -0.307 e. The minimum absolute atomic E-state index is 0.0618. The van der Waals surface area contributed by atoms with Crippen LogP contribution in [0.15, 0.2) is 48.5 Å². The first-order valence-electron chi connectivity index (χ1n) is 7.68. The van der Waals surface area contributed by atoms with E-state index in [1.165, 1.54) is 16.9 Å². The molecule has 1 atom stereocenters. The molecule has 2 aromatic carbocycles. The van der Waals surface area contributed by atoms with Gasteiger partial charge in [0.2, 0.25) is 5.91 Å². The summed E-state index contributed by atoms with van der Waals surface area (Å²) in [4.78, 5) is 31.6. The van der Waals surface area contributed by atoms with Crippen LogP contribution in [-0.2, 0) is 21.0 Å². The van der Waals surface area contributed by atoms with Crippen LogP contribution in [0.25, 0.3) is 0 Å². The summed E-state index contributed by atoms with van der Waals surface area (Å²) in [6.45, 7) is 1.55. The Bertz CT molecular complexity index is 798. The zero-order chi connectivity index (χ0) is 18.0. The van der Waals surface area contributed by atoms with E-state index in [2.05, 4.69) is 0 Å². The Labute approximate surface area is 155 Å². The molecule has 130 valence electrons. The molecule has 0 spiro atoms. The molecule has 1 heterocycles. The van der Waals surface area contributed by atoms with Crippen molar-refractivity contribution < 1.29 is 14.4 Å². The Hall–Kier alpha value is -2.08. The van der Waals surface area contributed by atoms with Crippen molar-refractivity contribution in [3.63, 3.8) is 0 Å². The largest absolute Gasteiger partial charge is 0.307 e. The fourth-order valence-electron chi connectivity index (χ4n) is 2.71. The van der Waals surface area contributed by atoms with E-state index in [9.17, 15) is 9.59 Å². The molecule has 0 aromatic heterocycles. The fraction of sp³-hybridized carbons (Fsp3) is 0.222. The lowest BCUT2D eigenvalue weighted by Gasteiger charge is -2.29. The number of hydroxylamine groups is 2. The third-order valence-electron chi connectivity index (χ3n) is 3.93. The molecule has 2 aromatic rings. The molecule has 0 N–H and O–H groups in total. The predicted molar refractivity (Wildman–Crippen MR) is 94.7 cm³/mol. The quantitative estimate of drug-likeness (QED) is 0.812. The Morgan fingerprint density at radius 1 is 1.20 bits per heavy atom. The summed E-state index contributed by atoms with van der Waals surface area (Å²) < 4.78 is 0. The third-order valence-corrected chi connectivity index (χ3v) is 4.49. The predicted octanol–water partition coefficient (Wildman–Crippen LogP) is 3.81. The van der Waals surface area contributed by atoms with Crippen molar-refractivity contribution in [2.75, 3.05) is 6.54 Å². The minimum atomic E-state index is -0.724. The van der Waals surface area contributed by atoms with Crippen molar-refractivity contribution in [1.82, 2.24) is 9.96 Å². The standard InChI is InChI=1S/C18H16Cl2N2O3/c1-12(23)21-10-17(24)22(25-11-13-5-3-2-4-6-13)18(21)15-8-7-14(19)9-16(15)20/h2-9,18H,10-11H2,1H3/t18-/m0/s1. The summed E-state index contributed by atoms with van der Waals surface area (Å²) in [6.07, 6.45) is -0.724. The van der Waals surface area contributed by atoms with E-state index in [1.807, 2.05) is 30.3 Å². The topological polar surface area (TPSA) is 49.9 Å². The Kier molecular flexibility index (Phi) is 5.27. The summed E-state index contributed by atoms with van der Waals surface area (Å²) in [7, 11) is 0. The molecular weight excluding hydrogens is 363 g/mol. The van der Waals surface area contributed by atoms with E-state index < -0.39 is 6.17 Å². The average molecular weight is 379 g/mol. The monoisotopic (exact) mass is 378 g/mol. The molecule has 2 amide bonds. The first kappa shape index (κ1) is 17.7. The highest BCUT2D eigenvalue weighted by Crippen LogP contribution is 2.36. The lowest BCUT2D eigenvalue weighted by Crippen LogP contribution is -2.34. The third kappa shape index (κ3) is 3.79. The van der Waals surface area contributed by atoms with Crippen LogP contribution in [-0.4, -0.2) is 28.3 Å². The molecule has 1 saturated heterocycles. The van der Waals surface area contributed by atoms with E-state index in [-0.39, 0.29) is 25.0 Å². The highest BCUT2D eigenvalue weighted by molar-refractivity contribution is 6.35. The van der Waals surface area contributed by atoms with Gasteiger partial charge >= 0.3 is 0 Å². The lowest BCUT2D eigenvalue weighted by molar-refractivity contribution is -0.204. The summed E-state index contributed by atoms with van der Waals surface area (Å²) >= 11 is 12.2. The molecule has 1 fully saturated rings. The van der Waals surface area contributed by atoms with Crippen LogP contribution in [0.3, 0.4) is 0 Å². The number of rotatable bonds is 4. The van der Waals surface area contributed by atoms with Gasteiger partial charge in [-0.05, 0) is 17.7 Å². The Balaban J connectivity index is 1.90. The Morgan fingerprint density at radius 3 is 2.56 bits per heavy atom. The fourth-order valence-corrected chi connectivity index (χ4v) is 3.22. The second-order valence-corrected chi connectivity index (χ2v) is 6.51. The smallest absolute Gasteiger partial charge is 0.268 e. The van der Waals surface area contributed by atoms with Gasteiger partial charge < -0.3 is 4.90 Å². The molecule has 1 aliphatic heterocycles. The van der Waals surface area contributed by atoms with Crippen LogP contribution in [0.2, 0.25) is 10.0 Å². The summed E-state index contributed by atoms with van der Waals surface area (Å²) in [5.74, 6) is -0.544. The summed E-state index contributed by atoms with van der Waals surface area (Å²) in [5.41, 5.74) is 1.50. The first-order valence-corrected chi connectivity index (χ1v) is 8.44. The SMILES string of the molecule is CC(=O)N1CC(=O)N(OCc2ccccc2)[C@H]1c1ccc(Cl)cc1Cl. The number of carbonyl (C=O) groups is 2. The number of hydrogen-bond acceptors (Lipinski definition) is 3. The van der Waals surface area contributed by atoms with E-state index in [4.69, 9.17) is 28.0 Å². The van der Waals surface area contributed by atoms with Gasteiger partial charge in [0.1, 0.15) is 13.2 Å². The number of amides is 2. The van der Waals surface area contributed by atoms with Crippen LogP contribution in [0, 0.1) is 0 Å². The molecule has 0 saturated carbocycles. The van der Waals surface area contributed by atoms with E-state index in [0.29, 0.717) is 15.6 Å². The van der Waals surface area contributed by atoms with Gasteiger partial charge in [0.05, 0.1) is 0 Å². The van der Waals surface area contributed by atoms with Gasteiger partial charge in [0.25, 0.3) is 5.91 Å². The molecule has 25 heavy (non-hydrogen) atoms. The van der Waals surface area contributed by atoms with Gasteiger partial charge in [-0.3, -0.25) is 14.4 Å². The van der Waals surface area contributed by atoms with Gasteiger partial charge in [-0.25, -0.2) is 0 Å². The van der Waals surface area contributed by atoms with E-state index in [1.54, 1.807) is 18.2 Å². The summed E-state index contributed by atoms with van der Waals surface area (Å²) in [5, 5.41) is 2.06. The highest BCUT2D eigenvalue weighted by Gasteiger charge is 2.42. The maximum Gasteiger partial charge on any atom is 0.268 e. The lowest BCUT2D eigenvalue weighted by atomic mass is 10.1. The van der Waals surface area contributed by atoms with E-state index >= 15 is 0 Å². The molecule has 3 rings (SSSR count). The van der Waals surface area contributed by atoms with Crippen molar-refractivity contribution in [3.05, 3.63) is 69.7 Å². The highest BCUT2D eigenvalue weighted by atomic mass is 35.5. The second kappa shape index (κ2) is 7.44. The second-order valence-electron chi connectivity index (χ2n) is 5.66. The molecular formula is C18H16Cl2N2O3. The van der Waals surface area contributed by atoms with Crippen LogP contribution in [0.5, 0.6) is 0 Å². The molecule has 7 heteroatoms. The van der Waals surface area contributed by atoms with Crippen molar-refractivity contribution in [2.24, 2.45) is 0 Å². The van der Waals surface area contributed by atoms with Gasteiger partial charge in [-0.1, -0.05) is 59.6 Å². The normalized spacial score (nSPS) is 17.2. The van der Waals surface area contributed by atoms with Crippen molar-refractivity contribution in [3.8, 4) is 0 Å². The van der Waals surface area contributed by atoms with Crippen molar-refractivity contribution >= 4 is 35.0 Å². The summed E-state index contributed by atoms with van der Waals surface area (Å²) in [6, 6.07) is 14.4. The molecule has 0 aliphatic carbocycles. The Morgan fingerprint density at radius 2 is 1.92 bits per heavy atom. The van der Waals surface area contributed by atoms with Crippen molar-refractivity contribution in [2.45, 2.75) is 19.7 Å². The molecule has 0 unspecified atom stereocenters. The molecule has 5 nitrogen and oxygen atoms in total. The van der Waals surface area contributed by atoms with E-state index in [0.717, 1.165) is 5.56 Å². The molecule has 0 radical (unpaired) electrons. The van der Waals surface area contributed by atoms with Crippen LogP contribution in [0.4, 0.5) is 0 Å². The maximum atomic E-state index is 12.4. The molecule has 1 aliphatic rings. The number of carbonyl (C=O) groups excluding carboxylic acids is 2. The average Bonchev–Trinajstić information content (AvgIpc) is 2.91. The zero-order valence-corrected chi connectivity index (χ0v) is 15.0. The number of nitrogens with zero attached hydrogens (tertiary/aromatic N) is 2. The van der Waals surface area contributed by atoms with Crippen LogP contribution < -0.4 is 0 Å². The zero-order valence-electron chi connectivity index (χ0n) is 13.5. The van der Waals surface area contributed by atoms with Gasteiger partial charge in [0.15, 0.2) is 6.17 Å². The number of halogens is 2. The van der Waals surface area contributed by atoms with Gasteiger partial charge in [-0.15, -0.1) is 0 Å². The number of benzene rings is 2. The first-order chi connectivity index (χ1) is 12.0. The van der Waals surface area contributed by atoms with Crippen molar-refractivity contribution in [1.29, 1.82) is 0 Å². The van der Waals surface area contributed by atoms with Crippen LogP contribution in [0.1, 0.15) is 24.2 Å². The van der Waals surface area contributed by atoms with Gasteiger partial charge in [-0.2, -0.15) is 5.06 Å². The molecule has 0 bridgehead atoms. The maximum absolute atomic E-state index is 12.4. The number of hydrogen-bond donors (Lipinski definition) is 0.